The maximum Gasteiger partial charge on any atom is 0.490 e. The molecule has 1 saturated carbocycles. The summed E-state index contributed by atoms with van der Waals surface area (Å²) in [4.78, 5) is 31.5. The molecule has 0 spiro atoms. The van der Waals surface area contributed by atoms with Crippen LogP contribution >= 0.6 is 0 Å². The van der Waals surface area contributed by atoms with E-state index in [1.165, 1.54) is 12.4 Å². The zero-order chi connectivity index (χ0) is 25.5. The fourth-order valence-corrected chi connectivity index (χ4v) is 3.17. The molecule has 2 aromatic rings. The number of carbonyl (C=O) groups excluding carboxylic acids is 1. The van der Waals surface area contributed by atoms with Crippen molar-refractivity contribution in [3.05, 3.63) is 47.8 Å². The van der Waals surface area contributed by atoms with Crippen LogP contribution in [-0.4, -0.2) is 59.3 Å². The van der Waals surface area contributed by atoms with Crippen molar-refractivity contribution >= 4 is 23.5 Å². The average Bonchev–Trinajstić information content (AvgIpc) is 2.77. The lowest BCUT2D eigenvalue weighted by atomic mass is 9.91. The number of benzene rings is 1. The Bertz CT molecular complexity index is 995. The van der Waals surface area contributed by atoms with E-state index in [0.717, 1.165) is 49.5 Å². The topological polar surface area (TPSA) is 107 Å². The predicted molar refractivity (Wildman–Crippen MR) is 114 cm³/mol. The number of hydrogen-bond donors (Lipinski definition) is 3. The number of hydrogen-bond acceptors (Lipinski definition) is 6. The van der Waals surface area contributed by atoms with Crippen molar-refractivity contribution in [2.24, 2.45) is 0 Å². The van der Waals surface area contributed by atoms with E-state index >= 15 is 0 Å². The molecule has 186 valence electrons. The van der Waals surface area contributed by atoms with Gasteiger partial charge in [-0.2, -0.15) is 13.2 Å². The smallest absolute Gasteiger partial charge is 0.475 e. The van der Waals surface area contributed by atoms with Crippen molar-refractivity contribution in [3.63, 3.8) is 0 Å². The molecule has 34 heavy (non-hydrogen) atoms. The van der Waals surface area contributed by atoms with Crippen molar-refractivity contribution < 1.29 is 36.6 Å². The molecule has 1 fully saturated rings. The van der Waals surface area contributed by atoms with Crippen LogP contribution in [0.4, 0.5) is 33.6 Å². The molecule has 3 N–H and O–H groups in total. The number of nitrogens with one attached hydrogen (secondary N) is 2. The Labute approximate surface area is 192 Å². The van der Waals surface area contributed by atoms with E-state index < -0.39 is 23.8 Å². The van der Waals surface area contributed by atoms with Gasteiger partial charge in [0.1, 0.15) is 18.0 Å². The Hall–Kier alpha value is -3.51. The minimum atomic E-state index is -5.08. The van der Waals surface area contributed by atoms with E-state index in [4.69, 9.17) is 9.90 Å². The fourth-order valence-electron chi connectivity index (χ4n) is 3.17. The highest BCUT2D eigenvalue weighted by molar-refractivity contribution is 5.94. The summed E-state index contributed by atoms with van der Waals surface area (Å²) in [5.74, 6) is -3.50. The highest BCUT2D eigenvalue weighted by atomic mass is 19.4. The normalized spacial score (nSPS) is 17.7. The summed E-state index contributed by atoms with van der Waals surface area (Å²) in [6.07, 6.45) is -0.184. The zero-order valence-corrected chi connectivity index (χ0v) is 18.4. The van der Waals surface area contributed by atoms with Gasteiger partial charge >= 0.3 is 12.1 Å². The Morgan fingerprint density at radius 2 is 1.59 bits per heavy atom. The molecule has 0 unspecified atom stereocenters. The third-order valence-corrected chi connectivity index (χ3v) is 4.95. The number of aliphatic carboxylic acids is 1. The second kappa shape index (κ2) is 11.6. The second-order valence-corrected chi connectivity index (χ2v) is 7.75. The van der Waals surface area contributed by atoms with E-state index in [9.17, 15) is 26.7 Å². The van der Waals surface area contributed by atoms with Crippen LogP contribution in [0.25, 0.3) is 0 Å². The Morgan fingerprint density at radius 3 is 2.12 bits per heavy atom. The second-order valence-electron chi connectivity index (χ2n) is 7.75. The maximum atomic E-state index is 13.3. The molecule has 1 amide bonds. The molecule has 1 heterocycles. The number of rotatable bonds is 5. The molecule has 1 aliphatic rings. The molecule has 0 bridgehead atoms. The van der Waals surface area contributed by atoms with Crippen LogP contribution in [0, 0.1) is 11.6 Å². The van der Waals surface area contributed by atoms with Crippen LogP contribution in [0.2, 0.25) is 0 Å². The van der Waals surface area contributed by atoms with E-state index in [1.54, 1.807) is 0 Å². The fraction of sp³-hybridized carbons (Fsp3) is 0.429. The van der Waals surface area contributed by atoms with Crippen LogP contribution < -0.4 is 15.5 Å². The van der Waals surface area contributed by atoms with E-state index in [2.05, 4.69) is 20.6 Å². The molecule has 0 atom stereocenters. The zero-order valence-electron chi connectivity index (χ0n) is 18.4. The van der Waals surface area contributed by atoms with E-state index in [-0.39, 0.29) is 23.6 Å². The van der Waals surface area contributed by atoms with Gasteiger partial charge in [-0.1, -0.05) is 0 Å². The summed E-state index contributed by atoms with van der Waals surface area (Å²) in [6.45, 7) is 0. The lowest BCUT2D eigenvalue weighted by molar-refractivity contribution is -0.192. The van der Waals surface area contributed by atoms with Crippen molar-refractivity contribution in [2.45, 2.75) is 43.9 Å². The molecule has 0 aliphatic heterocycles. The molecule has 1 aliphatic carbocycles. The number of carboxylic acid groups (broad SMARTS) is 1. The Kier molecular flexibility index (Phi) is 9.10. The maximum absolute atomic E-state index is 13.3. The van der Waals surface area contributed by atoms with Gasteiger partial charge in [0, 0.05) is 37.8 Å². The van der Waals surface area contributed by atoms with Crippen molar-refractivity contribution in [3.8, 4) is 0 Å². The largest absolute Gasteiger partial charge is 0.490 e. The lowest BCUT2D eigenvalue weighted by Crippen LogP contribution is -2.40. The third kappa shape index (κ3) is 8.12. The van der Waals surface area contributed by atoms with Gasteiger partial charge in [0.15, 0.2) is 11.6 Å². The van der Waals surface area contributed by atoms with Gasteiger partial charge in [0.25, 0.3) is 5.91 Å². The number of carboxylic acids is 1. The van der Waals surface area contributed by atoms with Gasteiger partial charge in [-0.15, -0.1) is 0 Å². The standard InChI is InChI=1S/C19H23F2N5O.C2HF3O2/c1-26(2)18-10-17(22-11-23-18)24-13-4-6-14(7-5-13)25-19(27)12-3-8-15(20)16(21)9-12;3-2(4,5)1(6)7/h3,8-11,13-14H,4-7H2,1-2H3,(H,25,27)(H,22,23,24);(H,6,7). The van der Waals surface area contributed by atoms with Crippen LogP contribution in [0.3, 0.4) is 0 Å². The Balaban J connectivity index is 0.000000509. The van der Waals surface area contributed by atoms with Gasteiger partial charge in [0.05, 0.1) is 0 Å². The summed E-state index contributed by atoms with van der Waals surface area (Å²) in [5, 5.41) is 13.4. The number of anilines is 2. The molecule has 13 heteroatoms. The van der Waals surface area contributed by atoms with Crippen molar-refractivity contribution in [1.82, 2.24) is 15.3 Å². The highest BCUT2D eigenvalue weighted by Crippen LogP contribution is 2.23. The average molecular weight is 489 g/mol. The first-order valence-electron chi connectivity index (χ1n) is 10.2. The van der Waals surface area contributed by atoms with Crippen LogP contribution in [0.5, 0.6) is 0 Å². The monoisotopic (exact) mass is 489 g/mol. The third-order valence-electron chi connectivity index (χ3n) is 4.95. The number of aromatic nitrogens is 2. The summed E-state index contributed by atoms with van der Waals surface area (Å²) in [6, 6.07) is 5.37. The molecule has 8 nitrogen and oxygen atoms in total. The van der Waals surface area contributed by atoms with Gasteiger partial charge in [0.2, 0.25) is 0 Å². The minimum absolute atomic E-state index is 0.0198. The van der Waals surface area contributed by atoms with Crippen molar-refractivity contribution in [1.29, 1.82) is 0 Å². The van der Waals surface area contributed by atoms with Gasteiger partial charge in [-0.25, -0.2) is 23.5 Å². The number of amides is 1. The minimum Gasteiger partial charge on any atom is -0.475 e. The molecular weight excluding hydrogens is 465 g/mol. The van der Waals surface area contributed by atoms with Gasteiger partial charge in [-0.3, -0.25) is 4.79 Å². The van der Waals surface area contributed by atoms with Crippen molar-refractivity contribution in [2.75, 3.05) is 24.3 Å². The predicted octanol–water partition coefficient (Wildman–Crippen LogP) is 3.61. The molecule has 0 radical (unpaired) electrons. The molecule has 0 saturated heterocycles. The quantitative estimate of drug-likeness (QED) is 0.551. The first kappa shape index (κ1) is 26.7. The first-order valence-corrected chi connectivity index (χ1v) is 10.2. The summed E-state index contributed by atoms with van der Waals surface area (Å²) < 4.78 is 58.0. The van der Waals surface area contributed by atoms with Crippen LogP contribution in [0.1, 0.15) is 36.0 Å². The van der Waals surface area contributed by atoms with Gasteiger partial charge < -0.3 is 20.6 Å². The van der Waals surface area contributed by atoms with Gasteiger partial charge in [-0.05, 0) is 43.9 Å². The summed E-state index contributed by atoms with van der Waals surface area (Å²) >= 11 is 0. The SMILES string of the molecule is CN(C)c1cc(NC2CCC(NC(=O)c3ccc(F)c(F)c3)CC2)ncn1.O=C(O)C(F)(F)F. The molecule has 1 aromatic carbocycles. The van der Waals surface area contributed by atoms with E-state index in [1.807, 2.05) is 25.1 Å². The molecular formula is C21H24F5N5O3. The number of halogens is 5. The highest BCUT2D eigenvalue weighted by Gasteiger charge is 2.38. The number of alkyl halides is 3. The first-order chi connectivity index (χ1) is 15.9. The summed E-state index contributed by atoms with van der Waals surface area (Å²) in [5.41, 5.74) is 0.131. The summed E-state index contributed by atoms with van der Waals surface area (Å²) in [7, 11) is 3.85. The lowest BCUT2D eigenvalue weighted by Gasteiger charge is -2.30. The van der Waals surface area contributed by atoms with Crippen LogP contribution in [0.15, 0.2) is 30.6 Å². The molecule has 3 rings (SSSR count). The number of carbonyl (C=O) groups is 2. The van der Waals surface area contributed by atoms with E-state index in [0.29, 0.717) is 0 Å². The van der Waals surface area contributed by atoms with Crippen LogP contribution in [-0.2, 0) is 4.79 Å². The number of nitrogens with zero attached hydrogens (tertiary/aromatic N) is 3. The Morgan fingerprint density at radius 1 is 1.00 bits per heavy atom. The molecule has 1 aromatic heterocycles.